The molecular weight excluding hydrogens is 323 g/mol. The van der Waals surface area contributed by atoms with Gasteiger partial charge in [0.15, 0.2) is 6.04 Å². The molecule has 3 atom stereocenters. The van der Waals surface area contributed by atoms with Crippen LogP contribution in [0, 0.1) is 11.8 Å². The summed E-state index contributed by atoms with van der Waals surface area (Å²) in [5, 5.41) is 6.82. The largest absolute Gasteiger partial charge is 0.411 e. The standard InChI is InChI=1S/C15H20F3N5O/c16-15(17,18)12-6-11(21-14-19-8-20-23(12)14)10-2-1-5-22(7-10)13(24)9-3-4-9/h8-12H,1-7H2,(H,19,20,21)/t10?,11-,12+/m0/s1. The van der Waals surface area contributed by atoms with E-state index >= 15 is 0 Å². The lowest BCUT2D eigenvalue weighted by Crippen LogP contribution is -2.49. The first-order valence-corrected chi connectivity index (χ1v) is 8.45. The second-order valence-corrected chi connectivity index (χ2v) is 7.03. The number of likely N-dealkylation sites (tertiary alicyclic amines) is 1. The number of anilines is 1. The molecule has 1 amide bonds. The predicted octanol–water partition coefficient (Wildman–Crippen LogP) is 2.21. The molecule has 0 spiro atoms. The van der Waals surface area contributed by atoms with Gasteiger partial charge >= 0.3 is 6.18 Å². The summed E-state index contributed by atoms with van der Waals surface area (Å²) in [4.78, 5) is 18.0. The van der Waals surface area contributed by atoms with Crippen LogP contribution in [0.2, 0.25) is 0 Å². The zero-order valence-corrected chi connectivity index (χ0v) is 13.2. The number of aromatic nitrogens is 3. The van der Waals surface area contributed by atoms with Gasteiger partial charge in [0, 0.05) is 25.0 Å². The highest BCUT2D eigenvalue weighted by Crippen LogP contribution is 2.41. The van der Waals surface area contributed by atoms with Crippen LogP contribution in [0.4, 0.5) is 19.1 Å². The average molecular weight is 343 g/mol. The van der Waals surface area contributed by atoms with Gasteiger partial charge in [-0.25, -0.2) is 4.68 Å². The molecule has 24 heavy (non-hydrogen) atoms. The van der Waals surface area contributed by atoms with E-state index in [2.05, 4.69) is 15.4 Å². The molecule has 1 N–H and O–H groups in total. The van der Waals surface area contributed by atoms with Crippen LogP contribution in [-0.4, -0.2) is 50.9 Å². The molecule has 1 aromatic rings. The minimum absolute atomic E-state index is 0.0109. The van der Waals surface area contributed by atoms with E-state index < -0.39 is 12.2 Å². The second kappa shape index (κ2) is 5.63. The third kappa shape index (κ3) is 2.84. The van der Waals surface area contributed by atoms with Gasteiger partial charge in [-0.3, -0.25) is 4.79 Å². The van der Waals surface area contributed by atoms with E-state index in [4.69, 9.17) is 0 Å². The Hall–Kier alpha value is -1.80. The summed E-state index contributed by atoms with van der Waals surface area (Å²) in [5.41, 5.74) is 0. The van der Waals surface area contributed by atoms with Gasteiger partial charge in [-0.1, -0.05) is 0 Å². The van der Waals surface area contributed by atoms with Crippen molar-refractivity contribution in [3.05, 3.63) is 6.33 Å². The fourth-order valence-corrected chi connectivity index (χ4v) is 3.86. The van der Waals surface area contributed by atoms with Gasteiger partial charge in [0.25, 0.3) is 0 Å². The van der Waals surface area contributed by atoms with E-state index in [1.54, 1.807) is 0 Å². The predicted molar refractivity (Wildman–Crippen MR) is 79.2 cm³/mol. The van der Waals surface area contributed by atoms with Crippen LogP contribution in [0.3, 0.4) is 0 Å². The Morgan fingerprint density at radius 1 is 1.29 bits per heavy atom. The van der Waals surface area contributed by atoms with Gasteiger partial charge in [0.1, 0.15) is 6.33 Å². The lowest BCUT2D eigenvalue weighted by atomic mass is 9.86. The second-order valence-electron chi connectivity index (χ2n) is 7.03. The first kappa shape index (κ1) is 15.7. The molecule has 0 aromatic carbocycles. The van der Waals surface area contributed by atoms with Gasteiger partial charge < -0.3 is 10.2 Å². The molecule has 0 bridgehead atoms. The molecule has 2 aliphatic heterocycles. The molecule has 1 aliphatic carbocycles. The molecule has 0 radical (unpaired) electrons. The fourth-order valence-electron chi connectivity index (χ4n) is 3.86. The van der Waals surface area contributed by atoms with Crippen molar-refractivity contribution in [1.29, 1.82) is 0 Å². The molecule has 3 aliphatic rings. The summed E-state index contributed by atoms with van der Waals surface area (Å²) in [5.74, 6) is 0.496. The number of hydrogen-bond donors (Lipinski definition) is 1. The fraction of sp³-hybridized carbons (Fsp3) is 0.800. The molecule has 1 unspecified atom stereocenters. The van der Waals surface area contributed by atoms with Crippen molar-refractivity contribution < 1.29 is 18.0 Å². The number of rotatable bonds is 2. The number of carbonyl (C=O) groups is 1. The number of carbonyl (C=O) groups excluding carboxylic acids is 1. The highest BCUT2D eigenvalue weighted by molar-refractivity contribution is 5.81. The SMILES string of the molecule is O=C(C1CC1)N1CCCC([C@@H]2C[C@H](C(F)(F)F)n3ncnc3N2)C1. The summed E-state index contributed by atoms with van der Waals surface area (Å²) in [7, 11) is 0. The molecule has 2 fully saturated rings. The van der Waals surface area contributed by atoms with Gasteiger partial charge in [0.2, 0.25) is 11.9 Å². The van der Waals surface area contributed by atoms with E-state index in [-0.39, 0.29) is 36.2 Å². The maximum atomic E-state index is 13.4. The van der Waals surface area contributed by atoms with Crippen molar-refractivity contribution in [2.45, 2.75) is 50.4 Å². The van der Waals surface area contributed by atoms with Crippen LogP contribution >= 0.6 is 0 Å². The number of fused-ring (bicyclic) bond motifs is 1. The lowest BCUT2D eigenvalue weighted by Gasteiger charge is -2.41. The zero-order chi connectivity index (χ0) is 16.9. The maximum absolute atomic E-state index is 13.4. The van der Waals surface area contributed by atoms with Crippen LogP contribution in [0.5, 0.6) is 0 Å². The van der Waals surface area contributed by atoms with Crippen LogP contribution in [0.25, 0.3) is 0 Å². The molecule has 1 saturated heterocycles. The maximum Gasteiger partial charge on any atom is 0.411 e. The van der Waals surface area contributed by atoms with Crippen molar-refractivity contribution in [2.75, 3.05) is 18.4 Å². The molecular formula is C15H20F3N5O. The minimum atomic E-state index is -4.36. The summed E-state index contributed by atoms with van der Waals surface area (Å²) < 4.78 is 41.1. The van der Waals surface area contributed by atoms with Crippen molar-refractivity contribution in [2.24, 2.45) is 11.8 Å². The third-order valence-electron chi connectivity index (χ3n) is 5.30. The molecule has 1 saturated carbocycles. The summed E-state index contributed by atoms with van der Waals surface area (Å²) in [6, 6.07) is -2.00. The monoisotopic (exact) mass is 343 g/mol. The van der Waals surface area contributed by atoms with E-state index in [1.807, 2.05) is 4.90 Å². The summed E-state index contributed by atoms with van der Waals surface area (Å²) >= 11 is 0. The Morgan fingerprint density at radius 3 is 2.79 bits per heavy atom. The average Bonchev–Trinajstić information content (AvgIpc) is 3.30. The van der Waals surface area contributed by atoms with Crippen LogP contribution in [0.15, 0.2) is 6.33 Å². The quantitative estimate of drug-likeness (QED) is 0.894. The Morgan fingerprint density at radius 2 is 2.08 bits per heavy atom. The smallest absolute Gasteiger partial charge is 0.351 e. The number of hydrogen-bond acceptors (Lipinski definition) is 4. The normalized spacial score (nSPS) is 30.6. The number of alkyl halides is 3. The van der Waals surface area contributed by atoms with Gasteiger partial charge in [-0.05, 0) is 38.0 Å². The van der Waals surface area contributed by atoms with Crippen molar-refractivity contribution >= 4 is 11.9 Å². The first-order valence-electron chi connectivity index (χ1n) is 8.45. The zero-order valence-electron chi connectivity index (χ0n) is 13.2. The Kier molecular flexibility index (Phi) is 3.69. The number of nitrogens with zero attached hydrogens (tertiary/aromatic N) is 4. The Labute approximate surface area is 137 Å². The molecule has 1 aromatic heterocycles. The van der Waals surface area contributed by atoms with Crippen LogP contribution in [-0.2, 0) is 4.79 Å². The number of halogens is 3. The minimum Gasteiger partial charge on any atom is -0.351 e. The van der Waals surface area contributed by atoms with Gasteiger partial charge in [-0.15, -0.1) is 0 Å². The van der Waals surface area contributed by atoms with Crippen molar-refractivity contribution in [3.8, 4) is 0 Å². The lowest BCUT2D eigenvalue weighted by molar-refractivity contribution is -0.175. The van der Waals surface area contributed by atoms with E-state index in [1.165, 1.54) is 0 Å². The van der Waals surface area contributed by atoms with Gasteiger partial charge in [0.05, 0.1) is 0 Å². The Bertz CT molecular complexity index is 627. The number of amides is 1. The van der Waals surface area contributed by atoms with E-state index in [0.717, 1.165) is 43.2 Å². The Balaban J connectivity index is 1.51. The summed E-state index contributed by atoms with van der Waals surface area (Å²) in [6.07, 6.45) is 0.265. The number of piperidine rings is 1. The van der Waals surface area contributed by atoms with Crippen LogP contribution < -0.4 is 5.32 Å². The van der Waals surface area contributed by atoms with Crippen LogP contribution in [0.1, 0.15) is 38.1 Å². The molecule has 4 rings (SSSR count). The molecule has 132 valence electrons. The summed E-state index contributed by atoms with van der Waals surface area (Å²) in [6.45, 7) is 1.25. The van der Waals surface area contributed by atoms with Gasteiger partial charge in [-0.2, -0.15) is 23.3 Å². The highest BCUT2D eigenvalue weighted by Gasteiger charge is 2.48. The molecule has 6 nitrogen and oxygen atoms in total. The first-order chi connectivity index (χ1) is 11.4. The van der Waals surface area contributed by atoms with E-state index in [9.17, 15) is 18.0 Å². The highest BCUT2D eigenvalue weighted by atomic mass is 19.4. The third-order valence-corrected chi connectivity index (χ3v) is 5.30. The molecule has 9 heteroatoms. The van der Waals surface area contributed by atoms with Crippen molar-refractivity contribution in [3.63, 3.8) is 0 Å². The van der Waals surface area contributed by atoms with E-state index in [0.29, 0.717) is 6.54 Å². The van der Waals surface area contributed by atoms with Crippen molar-refractivity contribution in [1.82, 2.24) is 19.7 Å². The number of nitrogens with one attached hydrogen (secondary N) is 1. The topological polar surface area (TPSA) is 63.1 Å². The molecule has 3 heterocycles.